The summed E-state index contributed by atoms with van der Waals surface area (Å²) in [5, 5.41) is 16.9. The summed E-state index contributed by atoms with van der Waals surface area (Å²) >= 11 is 1.66. The van der Waals surface area contributed by atoms with Crippen molar-refractivity contribution in [3.8, 4) is 5.69 Å². The van der Waals surface area contributed by atoms with Gasteiger partial charge in [-0.1, -0.05) is 11.3 Å². The van der Waals surface area contributed by atoms with Crippen molar-refractivity contribution in [2.45, 2.75) is 10.6 Å². The van der Waals surface area contributed by atoms with Gasteiger partial charge in [-0.05, 0) is 18.2 Å². The van der Waals surface area contributed by atoms with Gasteiger partial charge in [-0.2, -0.15) is 30.3 Å². The second-order valence-corrected chi connectivity index (χ2v) is 5.72. The molecule has 0 bridgehead atoms. The van der Waals surface area contributed by atoms with Gasteiger partial charge < -0.3 is 7.43 Å². The van der Waals surface area contributed by atoms with Gasteiger partial charge in [0.25, 0.3) is 5.91 Å². The molecular weight excluding hydrogens is 413 g/mol. The molecule has 1 amide bonds. The van der Waals surface area contributed by atoms with Gasteiger partial charge in [0.05, 0.1) is 17.6 Å². The van der Waals surface area contributed by atoms with E-state index >= 15 is 0 Å². The second-order valence-electron chi connectivity index (χ2n) is 4.67. The van der Waals surface area contributed by atoms with Crippen LogP contribution in [0, 0.1) is 13.5 Å². The smallest absolute Gasteiger partial charge is 0.274 e. The molecule has 2 N–H and O–H groups in total. The standard InChI is InChI=1S/C16H13N4O2S.CH3.Y/c21-16(18-22)12-5-4-6-14(9-12)20-10-13(17-19-20)11-23-15-7-2-1-3-8-15;;/h2-10,22H,11H2,(H,18,21);1H3;/q2*-1;. The number of thioether (sulfide) groups is 1. The molecule has 3 aromatic rings. The number of nitrogens with zero attached hydrogens (tertiary/aromatic N) is 3. The minimum Gasteiger partial charge on any atom is -0.358 e. The first kappa shape index (κ1) is 21.5. The maximum Gasteiger partial charge on any atom is 0.274 e. The van der Waals surface area contributed by atoms with E-state index in [1.165, 1.54) is 0 Å². The van der Waals surface area contributed by atoms with Gasteiger partial charge in [0, 0.05) is 44.0 Å². The molecule has 6 nitrogen and oxygen atoms in total. The van der Waals surface area contributed by atoms with Gasteiger partial charge in [0.15, 0.2) is 0 Å². The van der Waals surface area contributed by atoms with Crippen molar-refractivity contribution in [2.24, 2.45) is 0 Å². The third-order valence-electron chi connectivity index (χ3n) is 3.09. The minimum absolute atomic E-state index is 0. The molecule has 3 rings (SSSR count). The summed E-state index contributed by atoms with van der Waals surface area (Å²) < 4.78 is 1.60. The van der Waals surface area contributed by atoms with Crippen molar-refractivity contribution in [2.75, 3.05) is 0 Å². The van der Waals surface area contributed by atoms with Gasteiger partial charge in [0.1, 0.15) is 0 Å². The quantitative estimate of drug-likeness (QED) is 0.282. The van der Waals surface area contributed by atoms with Crippen LogP contribution in [0.5, 0.6) is 0 Å². The summed E-state index contributed by atoms with van der Waals surface area (Å²) in [5.41, 5.74) is 3.49. The maximum atomic E-state index is 11.4. The summed E-state index contributed by atoms with van der Waals surface area (Å²) in [7, 11) is 0. The zero-order valence-corrected chi connectivity index (χ0v) is 17.2. The van der Waals surface area contributed by atoms with Crippen LogP contribution in [-0.2, 0) is 38.5 Å². The molecule has 2 aromatic carbocycles. The van der Waals surface area contributed by atoms with Crippen molar-refractivity contribution in [3.63, 3.8) is 0 Å². The van der Waals surface area contributed by atoms with E-state index in [0.29, 0.717) is 17.0 Å². The molecule has 25 heavy (non-hydrogen) atoms. The Morgan fingerprint density at radius 3 is 2.76 bits per heavy atom. The van der Waals surface area contributed by atoms with E-state index in [9.17, 15) is 4.79 Å². The number of rotatable bonds is 5. The maximum absolute atomic E-state index is 11.4. The molecule has 0 aliphatic carbocycles. The summed E-state index contributed by atoms with van der Waals surface area (Å²) in [5.74, 6) is 0.129. The first-order valence-corrected chi connectivity index (χ1v) is 7.80. The Balaban J connectivity index is 0.00000156. The van der Waals surface area contributed by atoms with E-state index in [1.807, 2.05) is 36.5 Å². The second kappa shape index (κ2) is 10.5. The zero-order valence-electron chi connectivity index (χ0n) is 13.6. The predicted octanol–water partition coefficient (Wildman–Crippen LogP) is 2.93. The van der Waals surface area contributed by atoms with E-state index in [0.717, 1.165) is 10.6 Å². The number of hydrogen-bond donors (Lipinski definition) is 2. The van der Waals surface area contributed by atoms with Crippen LogP contribution >= 0.6 is 11.8 Å². The number of carbonyl (C=O) groups excluding carboxylic acids is 1. The first-order chi connectivity index (χ1) is 11.3. The molecule has 0 unspecified atom stereocenters. The molecule has 1 radical (unpaired) electrons. The van der Waals surface area contributed by atoms with Crippen molar-refractivity contribution < 1.29 is 42.7 Å². The molecule has 1 heterocycles. The number of amides is 1. The predicted molar refractivity (Wildman–Crippen MR) is 91.9 cm³/mol. The fourth-order valence-electron chi connectivity index (χ4n) is 1.97. The number of benzene rings is 2. The fourth-order valence-corrected chi connectivity index (χ4v) is 2.75. The molecule has 0 saturated heterocycles. The van der Waals surface area contributed by atoms with E-state index in [2.05, 4.69) is 16.4 Å². The van der Waals surface area contributed by atoms with Crippen LogP contribution in [0.3, 0.4) is 0 Å². The van der Waals surface area contributed by atoms with Crippen LogP contribution in [-0.4, -0.2) is 26.1 Å². The number of hydrogen-bond acceptors (Lipinski definition) is 5. The first-order valence-electron chi connectivity index (χ1n) is 6.81. The van der Waals surface area contributed by atoms with Crippen LogP contribution in [0.2, 0.25) is 0 Å². The Bertz CT molecular complexity index is 811. The van der Waals surface area contributed by atoms with Gasteiger partial charge in [-0.15, -0.1) is 21.8 Å². The minimum atomic E-state index is -0.566. The largest absolute Gasteiger partial charge is 0.358 e. The average molecular weight is 429 g/mol. The van der Waals surface area contributed by atoms with Gasteiger partial charge in [-0.25, -0.2) is 10.2 Å². The summed E-state index contributed by atoms with van der Waals surface area (Å²) in [6.07, 6.45) is 1.82. The third-order valence-corrected chi connectivity index (χ3v) is 4.14. The van der Waals surface area contributed by atoms with E-state index in [1.54, 1.807) is 40.1 Å². The molecule has 0 saturated carbocycles. The monoisotopic (exact) mass is 429 g/mol. The normalized spacial score (nSPS) is 9.64. The van der Waals surface area contributed by atoms with Crippen molar-refractivity contribution in [1.29, 1.82) is 0 Å². The molecule has 0 spiro atoms. The van der Waals surface area contributed by atoms with Gasteiger partial charge in [-0.3, -0.25) is 10.0 Å². The van der Waals surface area contributed by atoms with Crippen LogP contribution in [0.25, 0.3) is 5.69 Å². The van der Waals surface area contributed by atoms with E-state index in [4.69, 9.17) is 5.21 Å². The summed E-state index contributed by atoms with van der Waals surface area (Å²) in [6, 6.07) is 17.5. The van der Waals surface area contributed by atoms with E-state index < -0.39 is 5.91 Å². The molecule has 1 aromatic heterocycles. The summed E-state index contributed by atoms with van der Waals surface area (Å²) in [4.78, 5) is 12.6. The van der Waals surface area contributed by atoms with Crippen LogP contribution in [0.4, 0.5) is 0 Å². The Labute approximate surface area is 175 Å². The Morgan fingerprint density at radius 2 is 2.04 bits per heavy atom. The molecular formula is C17H16N4O2SY-2. The SMILES string of the molecule is O=C(NO)c1cccc(-n2cc(CSc3cc[c-]cc3)nn2)c1.[CH3-].[Y]. The van der Waals surface area contributed by atoms with Gasteiger partial charge >= 0.3 is 0 Å². The number of hydroxylamine groups is 1. The Hall–Kier alpha value is -1.54. The average Bonchev–Trinajstić information content (AvgIpc) is 3.09. The van der Waals surface area contributed by atoms with Crippen LogP contribution in [0.15, 0.2) is 59.6 Å². The number of nitrogens with one attached hydrogen (secondary N) is 1. The Kier molecular flexibility index (Phi) is 8.99. The molecule has 0 fully saturated rings. The Morgan fingerprint density at radius 1 is 1.28 bits per heavy atom. The molecule has 127 valence electrons. The molecule has 8 heteroatoms. The van der Waals surface area contributed by atoms with Crippen molar-refractivity contribution in [3.05, 3.63) is 79.5 Å². The molecule has 0 aliphatic heterocycles. The summed E-state index contributed by atoms with van der Waals surface area (Å²) in [6.45, 7) is 0. The van der Waals surface area contributed by atoms with Crippen molar-refractivity contribution >= 4 is 17.7 Å². The van der Waals surface area contributed by atoms with Crippen molar-refractivity contribution in [1.82, 2.24) is 20.5 Å². The number of carbonyl (C=O) groups is 1. The van der Waals surface area contributed by atoms with Gasteiger partial charge in [0.2, 0.25) is 0 Å². The van der Waals surface area contributed by atoms with E-state index in [-0.39, 0.29) is 40.1 Å². The van der Waals surface area contributed by atoms with Crippen LogP contribution in [0.1, 0.15) is 16.1 Å². The zero-order chi connectivity index (χ0) is 16.1. The topological polar surface area (TPSA) is 80.0 Å². The molecule has 0 atom stereocenters. The molecule has 0 aliphatic rings. The number of aromatic nitrogens is 3. The fraction of sp³-hybridized carbons (Fsp3) is 0.0588. The third kappa shape index (κ3) is 5.75. The van der Waals surface area contributed by atoms with Crippen LogP contribution < -0.4 is 5.48 Å².